The third-order valence-corrected chi connectivity index (χ3v) is 4.06. The monoisotopic (exact) mass is 273 g/mol. The minimum atomic E-state index is -1.18. The molecule has 1 rings (SSSR count). The zero-order valence-corrected chi connectivity index (χ0v) is 11.2. The van der Waals surface area contributed by atoms with Gasteiger partial charge in [-0.05, 0) is 19.4 Å². The summed E-state index contributed by atoms with van der Waals surface area (Å²) in [4.78, 5) is 26.5. The van der Waals surface area contributed by atoms with Gasteiger partial charge in [0.15, 0.2) is 0 Å². The van der Waals surface area contributed by atoms with Gasteiger partial charge >= 0.3 is 12.0 Å². The Morgan fingerprint density at radius 1 is 1.67 bits per heavy atom. The first kappa shape index (κ1) is 14.8. The van der Waals surface area contributed by atoms with E-state index in [1.54, 1.807) is 13.8 Å². The zero-order valence-electron chi connectivity index (χ0n) is 10.4. The van der Waals surface area contributed by atoms with E-state index in [9.17, 15) is 14.7 Å². The van der Waals surface area contributed by atoms with Crippen LogP contribution in [0.1, 0.15) is 20.3 Å². The second kappa shape index (κ2) is 5.60. The molecule has 0 aromatic heterocycles. The van der Waals surface area contributed by atoms with Crippen LogP contribution in [0.3, 0.4) is 0 Å². The van der Waals surface area contributed by atoms with Crippen LogP contribution in [0.2, 0.25) is 0 Å². The number of likely N-dealkylation sites (tertiary alicyclic amines) is 1. The lowest BCUT2D eigenvalue weighted by Crippen LogP contribution is -2.60. The maximum Gasteiger partial charge on any atom is 0.521 e. The molecule has 8 heteroatoms. The quantitative estimate of drug-likeness (QED) is 0.270. The van der Waals surface area contributed by atoms with Crippen molar-refractivity contribution in [3.63, 3.8) is 0 Å². The molecule has 0 radical (unpaired) electrons. The Balaban J connectivity index is 3.13. The molecule has 1 saturated heterocycles. The summed E-state index contributed by atoms with van der Waals surface area (Å²) >= 11 is 4.04. The highest BCUT2D eigenvalue weighted by Crippen LogP contribution is 2.32. The van der Waals surface area contributed by atoms with Gasteiger partial charge in [0, 0.05) is 17.1 Å². The highest BCUT2D eigenvalue weighted by molar-refractivity contribution is 7.80. The fourth-order valence-corrected chi connectivity index (χ4v) is 2.61. The van der Waals surface area contributed by atoms with Crippen molar-refractivity contribution in [3.05, 3.63) is 10.4 Å². The average molecular weight is 273 g/mol. The lowest BCUT2D eigenvalue weighted by Gasteiger charge is -2.31. The Labute approximate surface area is 110 Å². The Morgan fingerprint density at radius 2 is 2.28 bits per heavy atom. The number of quaternary nitrogens is 1. The number of thiol groups is 1. The van der Waals surface area contributed by atoms with Crippen LogP contribution in [0.4, 0.5) is 4.79 Å². The number of azide groups is 1. The van der Waals surface area contributed by atoms with Crippen molar-refractivity contribution < 1.29 is 19.2 Å². The topological polar surface area (TPSA) is 103 Å². The van der Waals surface area contributed by atoms with Gasteiger partial charge in [-0.1, -0.05) is 5.11 Å². The van der Waals surface area contributed by atoms with E-state index in [0.29, 0.717) is 12.2 Å². The highest BCUT2D eigenvalue weighted by Gasteiger charge is 2.57. The van der Waals surface area contributed by atoms with Crippen LogP contribution in [-0.4, -0.2) is 46.0 Å². The molecule has 1 heterocycles. The van der Waals surface area contributed by atoms with Crippen LogP contribution < -0.4 is 0 Å². The number of rotatable bonds is 3. The molecular formula is C10H17N4O3S+. The number of carboxylic acid groups (broad SMARTS) is 1. The van der Waals surface area contributed by atoms with Gasteiger partial charge in [-0.25, -0.2) is 4.79 Å². The molecule has 2 unspecified atom stereocenters. The normalized spacial score (nSPS) is 32.6. The number of hydrogen-bond acceptors (Lipinski definition) is 4. The summed E-state index contributed by atoms with van der Waals surface area (Å²) in [5, 5.41) is 13.0. The van der Waals surface area contributed by atoms with Crippen molar-refractivity contribution in [2.24, 2.45) is 11.0 Å². The summed E-state index contributed by atoms with van der Waals surface area (Å²) < 4.78 is -0.661. The van der Waals surface area contributed by atoms with Crippen LogP contribution in [0.15, 0.2) is 5.11 Å². The van der Waals surface area contributed by atoms with Crippen molar-refractivity contribution in [2.45, 2.75) is 32.4 Å². The first-order valence-corrected chi connectivity index (χ1v) is 6.34. The van der Waals surface area contributed by atoms with Crippen molar-refractivity contribution in [1.29, 1.82) is 0 Å². The first-order chi connectivity index (χ1) is 8.40. The van der Waals surface area contributed by atoms with Crippen molar-refractivity contribution >= 4 is 24.6 Å². The Bertz CT molecular complexity index is 410. The minimum Gasteiger partial charge on any atom is -0.435 e. The average Bonchev–Trinajstić information content (AvgIpc) is 2.65. The van der Waals surface area contributed by atoms with Crippen LogP contribution in [0.25, 0.3) is 10.4 Å². The number of amides is 2. The van der Waals surface area contributed by atoms with Crippen molar-refractivity contribution in [3.8, 4) is 0 Å². The first-order valence-electron chi connectivity index (χ1n) is 5.70. The van der Waals surface area contributed by atoms with Crippen LogP contribution in [0.5, 0.6) is 0 Å². The molecule has 0 aromatic carbocycles. The summed E-state index contributed by atoms with van der Waals surface area (Å²) in [7, 11) is 0. The molecule has 100 valence electrons. The molecule has 1 N–H and O–H groups in total. The van der Waals surface area contributed by atoms with E-state index in [1.807, 2.05) is 0 Å². The van der Waals surface area contributed by atoms with E-state index in [4.69, 9.17) is 5.53 Å². The maximum atomic E-state index is 12.3. The molecule has 0 aliphatic carbocycles. The van der Waals surface area contributed by atoms with Crippen molar-refractivity contribution in [2.75, 3.05) is 12.3 Å². The summed E-state index contributed by atoms with van der Waals surface area (Å²) in [6.07, 6.45) is -0.779. The number of imide groups is 1. The van der Waals surface area contributed by atoms with E-state index in [-0.39, 0.29) is 12.5 Å². The third kappa shape index (κ3) is 2.31. The lowest BCUT2D eigenvalue weighted by molar-refractivity contribution is -0.794. The summed E-state index contributed by atoms with van der Waals surface area (Å²) in [6.45, 7) is 3.38. The molecule has 18 heavy (non-hydrogen) atoms. The second-order valence-electron chi connectivity index (χ2n) is 4.70. The molecule has 0 bridgehead atoms. The summed E-state index contributed by atoms with van der Waals surface area (Å²) in [6, 6.07) is -0.843. The van der Waals surface area contributed by atoms with E-state index in [0.717, 1.165) is 0 Å². The summed E-state index contributed by atoms with van der Waals surface area (Å²) in [5.41, 5.74) is 8.42. The second-order valence-corrected chi connectivity index (χ2v) is 5.06. The largest absolute Gasteiger partial charge is 0.521 e. The Hall–Kier alpha value is -1.24. The van der Waals surface area contributed by atoms with Gasteiger partial charge in [0.25, 0.3) is 0 Å². The highest BCUT2D eigenvalue weighted by atomic mass is 32.1. The van der Waals surface area contributed by atoms with Gasteiger partial charge in [0.1, 0.15) is 12.6 Å². The predicted molar refractivity (Wildman–Crippen MR) is 68.2 cm³/mol. The van der Waals surface area contributed by atoms with Gasteiger partial charge in [-0.3, -0.25) is 0 Å². The SMILES string of the molecule is CC(CS)C(=O)[N@+]1(C(=O)O)C[C@@H](N=[N+]=[N-])CC1C. The van der Waals surface area contributed by atoms with Gasteiger partial charge in [-0.2, -0.15) is 21.9 Å². The van der Waals surface area contributed by atoms with Gasteiger partial charge in [0.05, 0.1) is 12.0 Å². The lowest BCUT2D eigenvalue weighted by atomic mass is 10.1. The zero-order chi connectivity index (χ0) is 13.9. The maximum absolute atomic E-state index is 12.3. The number of carbonyl (C=O) groups excluding carboxylic acids is 1. The fraction of sp³-hybridized carbons (Fsp3) is 0.800. The molecule has 1 aliphatic heterocycles. The van der Waals surface area contributed by atoms with Gasteiger partial charge in [-0.15, -0.1) is 0 Å². The standard InChI is InChI=1S/C10H16N4O3S/c1-6(5-18)9(15)14(10(16)17)4-8(12-13-11)3-7(14)2/h6-8H,3-5H2,1-2H3,(H-,16,17,18)/p+1/t6?,7?,8-,14-/m0/s1. The fourth-order valence-electron chi connectivity index (χ4n) is 2.46. The number of carbonyl (C=O) groups is 2. The smallest absolute Gasteiger partial charge is 0.435 e. The summed E-state index contributed by atoms with van der Waals surface area (Å²) in [5.74, 6) is -0.525. The van der Waals surface area contributed by atoms with E-state index < -0.39 is 28.6 Å². The van der Waals surface area contributed by atoms with Crippen LogP contribution in [0, 0.1) is 5.92 Å². The number of hydrogen-bond donors (Lipinski definition) is 2. The van der Waals surface area contributed by atoms with Crippen LogP contribution >= 0.6 is 12.6 Å². The Kier molecular flexibility index (Phi) is 4.61. The van der Waals surface area contributed by atoms with E-state index in [1.165, 1.54) is 0 Å². The molecule has 2 amide bonds. The molecule has 7 nitrogen and oxygen atoms in total. The van der Waals surface area contributed by atoms with E-state index >= 15 is 0 Å². The Morgan fingerprint density at radius 3 is 2.72 bits per heavy atom. The van der Waals surface area contributed by atoms with Crippen molar-refractivity contribution in [1.82, 2.24) is 0 Å². The van der Waals surface area contributed by atoms with Gasteiger partial charge in [0.2, 0.25) is 0 Å². The molecule has 0 saturated carbocycles. The number of nitrogens with zero attached hydrogens (tertiary/aromatic N) is 4. The molecular weight excluding hydrogens is 256 g/mol. The molecule has 0 spiro atoms. The molecule has 0 aromatic rings. The minimum absolute atomic E-state index is 0.0253. The molecule has 1 aliphatic rings. The van der Waals surface area contributed by atoms with Gasteiger partial charge < -0.3 is 5.11 Å². The molecule has 1 fully saturated rings. The molecule has 4 atom stereocenters. The van der Waals surface area contributed by atoms with E-state index in [2.05, 4.69) is 22.7 Å². The predicted octanol–water partition coefficient (Wildman–Crippen LogP) is 2.04. The van der Waals surface area contributed by atoms with Crippen LogP contribution in [-0.2, 0) is 4.79 Å². The third-order valence-electron chi connectivity index (χ3n) is 3.51.